The van der Waals surface area contributed by atoms with Crippen molar-refractivity contribution in [3.05, 3.63) is 143 Å². The number of nitrogens with one attached hydrogen (secondary N) is 1. The van der Waals surface area contributed by atoms with Gasteiger partial charge in [0.1, 0.15) is 5.75 Å². The molecule has 3 N–H and O–H groups in total. The summed E-state index contributed by atoms with van der Waals surface area (Å²) in [6.45, 7) is 11.7. The van der Waals surface area contributed by atoms with Crippen molar-refractivity contribution in [2.45, 2.75) is 48.0 Å². The maximum absolute atomic E-state index is 10.6. The number of carbonyl (C=O) groups excluding carboxylic acids is 2. The predicted octanol–water partition coefficient (Wildman–Crippen LogP) is 8.76. The molecule has 0 fully saturated rings. The SMILES string of the molecule is CC(=O)Nc1ccc(C)cc1.CCc1ccc2cc(C)ccc2c1.COc1ccccc1C.Cc1ccccc1C(N)=O. The van der Waals surface area contributed by atoms with Gasteiger partial charge in [-0.3, -0.25) is 9.59 Å². The molecule has 0 atom stereocenters. The molecule has 0 heterocycles. The van der Waals surface area contributed by atoms with Crippen LogP contribution in [0.2, 0.25) is 0 Å². The Morgan fingerprint density at radius 3 is 1.77 bits per heavy atom. The van der Waals surface area contributed by atoms with Crippen LogP contribution in [0.4, 0.5) is 5.69 Å². The summed E-state index contributed by atoms with van der Waals surface area (Å²) in [5.74, 6) is 0.560. The number of fused-ring (bicyclic) bond motifs is 1. The van der Waals surface area contributed by atoms with Crippen LogP contribution < -0.4 is 15.8 Å². The molecular formula is C38H44N2O3. The maximum Gasteiger partial charge on any atom is 0.248 e. The highest BCUT2D eigenvalue weighted by molar-refractivity contribution is 5.94. The van der Waals surface area contributed by atoms with Gasteiger partial charge in [-0.2, -0.15) is 0 Å². The minimum Gasteiger partial charge on any atom is -0.496 e. The molecule has 0 radical (unpaired) electrons. The summed E-state index contributed by atoms with van der Waals surface area (Å²) in [5, 5.41) is 5.39. The van der Waals surface area contributed by atoms with Crippen molar-refractivity contribution < 1.29 is 14.3 Å². The van der Waals surface area contributed by atoms with Gasteiger partial charge >= 0.3 is 0 Å². The molecule has 43 heavy (non-hydrogen) atoms. The molecule has 224 valence electrons. The summed E-state index contributed by atoms with van der Waals surface area (Å²) < 4.78 is 5.04. The van der Waals surface area contributed by atoms with Crippen molar-refractivity contribution in [2.75, 3.05) is 12.4 Å². The fraction of sp³-hybridized carbons (Fsp3) is 0.211. The van der Waals surface area contributed by atoms with Crippen LogP contribution in [0, 0.1) is 27.7 Å². The molecule has 0 unspecified atom stereocenters. The highest BCUT2D eigenvalue weighted by atomic mass is 16.5. The molecule has 0 aromatic heterocycles. The standard InChI is InChI=1S/C13H14.C9H11NO.C8H9NO.C8H10O/c1-3-11-5-7-12-8-10(2)4-6-13(12)9-11;1-7-3-5-9(6-4-7)10-8(2)11;1-6-4-2-3-5-7(6)8(9)10;1-7-5-3-4-6-8(7)9-2/h4-9H,3H2,1-2H3;3-6H,1-2H3,(H,10,11);2-5H,1H3,(H2,9,10);3-6H,1-2H3. The van der Waals surface area contributed by atoms with E-state index in [1.807, 2.05) is 81.4 Å². The quantitative estimate of drug-likeness (QED) is 0.224. The van der Waals surface area contributed by atoms with Crippen LogP contribution in [-0.4, -0.2) is 18.9 Å². The Hall–Kier alpha value is -4.90. The molecule has 5 heteroatoms. The van der Waals surface area contributed by atoms with Crippen LogP contribution in [0.15, 0.2) is 109 Å². The number of aryl methyl sites for hydroxylation is 5. The van der Waals surface area contributed by atoms with Crippen LogP contribution in [0.3, 0.4) is 0 Å². The topological polar surface area (TPSA) is 81.4 Å². The lowest BCUT2D eigenvalue weighted by Crippen LogP contribution is -2.12. The number of carbonyl (C=O) groups is 2. The molecule has 2 amide bonds. The number of rotatable bonds is 4. The van der Waals surface area contributed by atoms with Crippen molar-refractivity contribution in [1.29, 1.82) is 0 Å². The summed E-state index contributed by atoms with van der Waals surface area (Å²) in [7, 11) is 1.68. The number of hydrogen-bond donors (Lipinski definition) is 2. The Morgan fingerprint density at radius 2 is 1.26 bits per heavy atom. The van der Waals surface area contributed by atoms with Crippen molar-refractivity contribution in [3.63, 3.8) is 0 Å². The monoisotopic (exact) mass is 576 g/mol. The molecule has 0 aliphatic carbocycles. The van der Waals surface area contributed by atoms with Crippen LogP contribution in [0.25, 0.3) is 10.8 Å². The Labute approximate surface area is 256 Å². The van der Waals surface area contributed by atoms with E-state index < -0.39 is 0 Å². The minimum atomic E-state index is -0.363. The zero-order valence-corrected chi connectivity index (χ0v) is 26.4. The lowest BCUT2D eigenvalue weighted by atomic mass is 10.0. The normalized spacial score (nSPS) is 9.65. The smallest absolute Gasteiger partial charge is 0.248 e. The van der Waals surface area contributed by atoms with Crippen LogP contribution in [0.5, 0.6) is 5.75 Å². The fourth-order valence-electron chi connectivity index (χ4n) is 4.11. The Morgan fingerprint density at radius 1 is 0.698 bits per heavy atom. The van der Waals surface area contributed by atoms with E-state index in [4.69, 9.17) is 10.5 Å². The van der Waals surface area contributed by atoms with E-state index >= 15 is 0 Å². The number of methoxy groups -OCH3 is 1. The summed E-state index contributed by atoms with van der Waals surface area (Å²) in [5.41, 5.74) is 12.6. The van der Waals surface area contributed by atoms with Crippen LogP contribution in [-0.2, 0) is 11.2 Å². The van der Waals surface area contributed by atoms with E-state index in [9.17, 15) is 9.59 Å². The third kappa shape index (κ3) is 12.2. The number of ether oxygens (including phenoxy) is 1. The average molecular weight is 577 g/mol. The first-order chi connectivity index (χ1) is 20.5. The Kier molecular flexibility index (Phi) is 14.2. The van der Waals surface area contributed by atoms with Crippen molar-refractivity contribution in [2.24, 2.45) is 5.73 Å². The second-order valence-electron chi connectivity index (χ2n) is 10.2. The van der Waals surface area contributed by atoms with E-state index in [0.29, 0.717) is 5.56 Å². The number of amides is 2. The number of para-hydroxylation sites is 1. The lowest BCUT2D eigenvalue weighted by Gasteiger charge is -2.01. The fourth-order valence-corrected chi connectivity index (χ4v) is 4.11. The zero-order chi connectivity index (χ0) is 31.8. The summed E-state index contributed by atoms with van der Waals surface area (Å²) in [4.78, 5) is 21.2. The van der Waals surface area contributed by atoms with Gasteiger partial charge in [0, 0.05) is 18.2 Å². The largest absolute Gasteiger partial charge is 0.496 e. The van der Waals surface area contributed by atoms with Gasteiger partial charge in [0.05, 0.1) is 7.11 Å². The van der Waals surface area contributed by atoms with E-state index in [1.165, 1.54) is 39.9 Å². The summed E-state index contributed by atoms with van der Waals surface area (Å²) in [6, 6.07) is 36.2. The predicted molar refractivity (Wildman–Crippen MR) is 181 cm³/mol. The van der Waals surface area contributed by atoms with Crippen molar-refractivity contribution in [3.8, 4) is 5.75 Å². The highest BCUT2D eigenvalue weighted by Crippen LogP contribution is 2.18. The van der Waals surface area contributed by atoms with Gasteiger partial charge in [0.25, 0.3) is 0 Å². The number of primary amides is 1. The van der Waals surface area contributed by atoms with Gasteiger partial charge in [-0.15, -0.1) is 0 Å². The van der Waals surface area contributed by atoms with Gasteiger partial charge in [-0.25, -0.2) is 0 Å². The summed E-state index contributed by atoms with van der Waals surface area (Å²) in [6.07, 6.45) is 1.11. The lowest BCUT2D eigenvalue weighted by molar-refractivity contribution is -0.114. The number of benzene rings is 5. The molecule has 0 spiro atoms. The average Bonchev–Trinajstić information content (AvgIpc) is 2.99. The molecule has 0 saturated carbocycles. The number of hydrogen-bond acceptors (Lipinski definition) is 3. The molecule has 5 rings (SSSR count). The van der Waals surface area contributed by atoms with Gasteiger partial charge in [-0.05, 0) is 85.8 Å². The molecule has 0 bridgehead atoms. The van der Waals surface area contributed by atoms with Gasteiger partial charge < -0.3 is 15.8 Å². The molecule has 0 saturated heterocycles. The highest BCUT2D eigenvalue weighted by Gasteiger charge is 2.00. The maximum atomic E-state index is 10.6. The van der Waals surface area contributed by atoms with Crippen molar-refractivity contribution in [1.82, 2.24) is 0 Å². The molecule has 5 nitrogen and oxygen atoms in total. The molecule has 0 aliphatic rings. The minimum absolute atomic E-state index is 0.0335. The first-order valence-electron chi connectivity index (χ1n) is 14.3. The Balaban J connectivity index is 0.000000202. The van der Waals surface area contributed by atoms with Crippen LogP contribution >= 0.6 is 0 Å². The second kappa shape index (κ2) is 17.8. The van der Waals surface area contributed by atoms with Crippen LogP contribution in [0.1, 0.15) is 52.0 Å². The number of nitrogens with two attached hydrogens (primary N) is 1. The third-order valence-electron chi connectivity index (χ3n) is 6.56. The van der Waals surface area contributed by atoms with Gasteiger partial charge in [-0.1, -0.05) is 103 Å². The van der Waals surface area contributed by atoms with E-state index in [-0.39, 0.29) is 11.8 Å². The molecular weight excluding hydrogens is 532 g/mol. The molecule has 5 aromatic carbocycles. The molecule has 5 aromatic rings. The first-order valence-corrected chi connectivity index (χ1v) is 14.3. The third-order valence-corrected chi connectivity index (χ3v) is 6.56. The Bertz CT molecular complexity index is 1610. The zero-order valence-electron chi connectivity index (χ0n) is 26.4. The number of anilines is 1. The van der Waals surface area contributed by atoms with Crippen molar-refractivity contribution >= 4 is 28.3 Å². The second-order valence-corrected chi connectivity index (χ2v) is 10.2. The van der Waals surface area contributed by atoms with Gasteiger partial charge in [0.2, 0.25) is 11.8 Å². The molecule has 0 aliphatic heterocycles. The van der Waals surface area contributed by atoms with E-state index in [0.717, 1.165) is 23.4 Å². The van der Waals surface area contributed by atoms with E-state index in [1.54, 1.807) is 19.2 Å². The van der Waals surface area contributed by atoms with E-state index in [2.05, 4.69) is 55.6 Å². The first kappa shape index (κ1) is 34.3. The summed E-state index contributed by atoms with van der Waals surface area (Å²) >= 11 is 0. The van der Waals surface area contributed by atoms with Gasteiger partial charge in [0.15, 0.2) is 0 Å².